The topological polar surface area (TPSA) is 108 Å². The zero-order chi connectivity index (χ0) is 19.4. The van der Waals surface area contributed by atoms with Crippen LogP contribution in [0, 0.1) is 18.3 Å². The molecule has 0 radical (unpaired) electrons. The molecule has 0 unspecified atom stereocenters. The number of pyridine rings is 1. The van der Waals surface area contributed by atoms with Gasteiger partial charge in [0.05, 0.1) is 33.9 Å². The SMILES string of the molecule is CNC(=O)c1ccccc1Nc1cc(Nc2cn(C)nc2C)ncc1C#N. The molecule has 3 N–H and O–H groups in total. The maximum atomic E-state index is 12.1. The summed E-state index contributed by atoms with van der Waals surface area (Å²) in [6, 6.07) is 10.9. The van der Waals surface area contributed by atoms with Gasteiger partial charge < -0.3 is 16.0 Å². The fourth-order valence-electron chi connectivity index (χ4n) is 2.65. The second kappa shape index (κ2) is 7.58. The van der Waals surface area contributed by atoms with Crippen LogP contribution in [-0.4, -0.2) is 27.7 Å². The quantitative estimate of drug-likeness (QED) is 0.645. The molecule has 2 aromatic heterocycles. The van der Waals surface area contributed by atoms with Crippen molar-refractivity contribution in [3.63, 3.8) is 0 Å². The van der Waals surface area contributed by atoms with Crippen LogP contribution >= 0.6 is 0 Å². The van der Waals surface area contributed by atoms with Crippen molar-refractivity contribution in [2.75, 3.05) is 17.7 Å². The number of carbonyl (C=O) groups is 1. The molecule has 3 aromatic rings. The lowest BCUT2D eigenvalue weighted by Crippen LogP contribution is -2.19. The van der Waals surface area contributed by atoms with Crippen LogP contribution in [0.25, 0.3) is 0 Å². The summed E-state index contributed by atoms with van der Waals surface area (Å²) in [5.41, 5.74) is 3.67. The van der Waals surface area contributed by atoms with Crippen LogP contribution in [0.5, 0.6) is 0 Å². The van der Waals surface area contributed by atoms with Crippen molar-refractivity contribution >= 4 is 28.8 Å². The van der Waals surface area contributed by atoms with Crippen LogP contribution in [-0.2, 0) is 7.05 Å². The van der Waals surface area contributed by atoms with E-state index in [9.17, 15) is 10.1 Å². The third-order valence-electron chi connectivity index (χ3n) is 3.97. The molecule has 27 heavy (non-hydrogen) atoms. The van der Waals surface area contributed by atoms with Gasteiger partial charge in [-0.1, -0.05) is 12.1 Å². The third kappa shape index (κ3) is 3.88. The number of benzene rings is 1. The lowest BCUT2D eigenvalue weighted by atomic mass is 10.1. The van der Waals surface area contributed by atoms with E-state index in [2.05, 4.69) is 32.1 Å². The van der Waals surface area contributed by atoms with Crippen molar-refractivity contribution in [2.24, 2.45) is 7.05 Å². The predicted molar refractivity (Wildman–Crippen MR) is 103 cm³/mol. The van der Waals surface area contributed by atoms with E-state index in [0.717, 1.165) is 11.4 Å². The van der Waals surface area contributed by atoms with Crippen molar-refractivity contribution in [3.05, 3.63) is 59.5 Å². The van der Waals surface area contributed by atoms with Crippen molar-refractivity contribution in [3.8, 4) is 6.07 Å². The number of hydrogen-bond donors (Lipinski definition) is 3. The summed E-state index contributed by atoms with van der Waals surface area (Å²) in [6.45, 7) is 1.89. The molecule has 0 aliphatic heterocycles. The number of aryl methyl sites for hydroxylation is 2. The Morgan fingerprint density at radius 3 is 2.63 bits per heavy atom. The molecule has 0 fully saturated rings. The largest absolute Gasteiger partial charge is 0.355 e. The number of aromatic nitrogens is 3. The van der Waals surface area contributed by atoms with E-state index in [0.29, 0.717) is 28.3 Å². The molecule has 3 rings (SSSR count). The highest BCUT2D eigenvalue weighted by atomic mass is 16.1. The minimum atomic E-state index is -0.213. The molecule has 1 amide bonds. The van der Waals surface area contributed by atoms with E-state index in [1.165, 1.54) is 6.20 Å². The molecule has 136 valence electrons. The van der Waals surface area contributed by atoms with Gasteiger partial charge in [-0.2, -0.15) is 10.4 Å². The monoisotopic (exact) mass is 361 g/mol. The maximum absolute atomic E-state index is 12.1. The molecular formula is C19H19N7O. The zero-order valence-corrected chi connectivity index (χ0v) is 15.2. The number of nitrogens with one attached hydrogen (secondary N) is 3. The highest BCUT2D eigenvalue weighted by molar-refractivity contribution is 6.00. The Hall–Kier alpha value is -3.86. The number of nitriles is 1. The zero-order valence-electron chi connectivity index (χ0n) is 15.2. The van der Waals surface area contributed by atoms with E-state index < -0.39 is 0 Å². The molecular weight excluding hydrogens is 342 g/mol. The first kappa shape index (κ1) is 17.9. The number of nitrogens with zero attached hydrogens (tertiary/aromatic N) is 4. The Balaban J connectivity index is 1.95. The summed E-state index contributed by atoms with van der Waals surface area (Å²) in [5.74, 6) is 0.347. The van der Waals surface area contributed by atoms with Crippen LogP contribution in [0.3, 0.4) is 0 Å². The standard InChI is InChI=1S/C19H19N7O/c1-12-17(11-26(3)25-12)24-18-8-16(13(9-20)10-22-18)23-15-7-5-4-6-14(15)19(27)21-2/h4-8,10-11H,1-3H3,(H,21,27)(H2,22,23,24). The Kier molecular flexibility index (Phi) is 5.04. The molecule has 0 spiro atoms. The van der Waals surface area contributed by atoms with Gasteiger partial charge in [-0.25, -0.2) is 4.98 Å². The minimum absolute atomic E-state index is 0.213. The van der Waals surface area contributed by atoms with Gasteiger partial charge in [-0.15, -0.1) is 0 Å². The molecule has 0 atom stereocenters. The fourth-order valence-corrected chi connectivity index (χ4v) is 2.65. The molecule has 8 heteroatoms. The van der Waals surface area contributed by atoms with Crippen LogP contribution < -0.4 is 16.0 Å². The van der Waals surface area contributed by atoms with Gasteiger partial charge in [0.2, 0.25) is 0 Å². The predicted octanol–water partition coefficient (Wildman–Crippen LogP) is 2.84. The molecule has 2 heterocycles. The highest BCUT2D eigenvalue weighted by Crippen LogP contribution is 2.27. The fraction of sp³-hybridized carbons (Fsp3) is 0.158. The smallest absolute Gasteiger partial charge is 0.253 e. The average Bonchev–Trinajstić information content (AvgIpc) is 2.98. The molecule has 0 aliphatic carbocycles. The van der Waals surface area contributed by atoms with Gasteiger partial charge in [-0.3, -0.25) is 9.48 Å². The lowest BCUT2D eigenvalue weighted by Gasteiger charge is -2.13. The molecule has 8 nitrogen and oxygen atoms in total. The van der Waals surface area contributed by atoms with E-state index in [4.69, 9.17) is 0 Å². The summed E-state index contributed by atoms with van der Waals surface area (Å²) in [6.07, 6.45) is 3.34. The Morgan fingerprint density at radius 1 is 1.19 bits per heavy atom. The summed E-state index contributed by atoms with van der Waals surface area (Å²) in [7, 11) is 3.41. The number of rotatable bonds is 5. The summed E-state index contributed by atoms with van der Waals surface area (Å²) in [5, 5.41) is 22.7. The second-order valence-corrected chi connectivity index (χ2v) is 5.90. The van der Waals surface area contributed by atoms with E-state index in [1.54, 1.807) is 36.0 Å². The summed E-state index contributed by atoms with van der Waals surface area (Å²) < 4.78 is 1.71. The third-order valence-corrected chi connectivity index (χ3v) is 3.97. The van der Waals surface area contributed by atoms with Crippen LogP contribution in [0.4, 0.5) is 22.9 Å². The first-order valence-corrected chi connectivity index (χ1v) is 8.27. The van der Waals surface area contributed by atoms with Gasteiger partial charge in [0.1, 0.15) is 11.9 Å². The van der Waals surface area contributed by atoms with Crippen LogP contribution in [0.2, 0.25) is 0 Å². The van der Waals surface area contributed by atoms with Crippen LogP contribution in [0.1, 0.15) is 21.6 Å². The van der Waals surface area contributed by atoms with Crippen molar-refractivity contribution in [2.45, 2.75) is 6.92 Å². The number of anilines is 4. The molecule has 1 aromatic carbocycles. The van der Waals surface area contributed by atoms with Gasteiger partial charge in [0, 0.05) is 32.6 Å². The maximum Gasteiger partial charge on any atom is 0.253 e. The number of para-hydroxylation sites is 1. The first-order chi connectivity index (χ1) is 13.0. The normalized spacial score (nSPS) is 10.1. The number of carbonyl (C=O) groups excluding carboxylic acids is 1. The average molecular weight is 361 g/mol. The van der Waals surface area contributed by atoms with Crippen molar-refractivity contribution < 1.29 is 4.79 Å². The van der Waals surface area contributed by atoms with Crippen molar-refractivity contribution in [1.29, 1.82) is 5.26 Å². The Bertz CT molecular complexity index is 1030. The minimum Gasteiger partial charge on any atom is -0.355 e. The van der Waals surface area contributed by atoms with Crippen molar-refractivity contribution in [1.82, 2.24) is 20.1 Å². The molecule has 0 bridgehead atoms. The summed E-state index contributed by atoms with van der Waals surface area (Å²) >= 11 is 0. The van der Waals surface area contributed by atoms with Gasteiger partial charge in [-0.05, 0) is 19.1 Å². The molecule has 0 saturated carbocycles. The van der Waals surface area contributed by atoms with E-state index >= 15 is 0 Å². The molecule has 0 aliphatic rings. The van der Waals surface area contributed by atoms with E-state index in [1.807, 2.05) is 26.2 Å². The number of amides is 1. The van der Waals surface area contributed by atoms with Gasteiger partial charge >= 0.3 is 0 Å². The highest BCUT2D eigenvalue weighted by Gasteiger charge is 2.13. The second-order valence-electron chi connectivity index (χ2n) is 5.90. The van der Waals surface area contributed by atoms with E-state index in [-0.39, 0.29) is 5.91 Å². The first-order valence-electron chi connectivity index (χ1n) is 8.27. The number of hydrogen-bond acceptors (Lipinski definition) is 6. The Labute approximate surface area is 156 Å². The molecule has 0 saturated heterocycles. The summed E-state index contributed by atoms with van der Waals surface area (Å²) in [4.78, 5) is 16.4. The lowest BCUT2D eigenvalue weighted by molar-refractivity contribution is 0.0964. The Morgan fingerprint density at radius 2 is 1.96 bits per heavy atom. The van der Waals surface area contributed by atoms with Gasteiger partial charge in [0.25, 0.3) is 5.91 Å². The van der Waals surface area contributed by atoms with Crippen LogP contribution in [0.15, 0.2) is 42.7 Å². The van der Waals surface area contributed by atoms with Gasteiger partial charge in [0.15, 0.2) is 0 Å².